The molecule has 0 fully saturated rings. The summed E-state index contributed by atoms with van der Waals surface area (Å²) in [5, 5.41) is 12.6. The topological polar surface area (TPSA) is 70.7 Å². The first-order valence-electron chi connectivity index (χ1n) is 9.80. The molecule has 146 valence electrons. The number of carbonyl (C=O) groups is 1. The molecule has 0 spiro atoms. The molecule has 1 N–H and O–H groups in total. The van der Waals surface area contributed by atoms with Crippen LogP contribution in [0.15, 0.2) is 59.8 Å². The van der Waals surface area contributed by atoms with E-state index in [4.69, 9.17) is 4.98 Å². The van der Waals surface area contributed by atoms with Crippen LogP contribution in [-0.2, 0) is 17.6 Å². The fourth-order valence-corrected chi connectivity index (χ4v) is 4.54. The monoisotopic (exact) mass is 402 g/mol. The van der Waals surface area contributed by atoms with Gasteiger partial charge in [0.1, 0.15) is 6.07 Å². The Labute approximate surface area is 174 Å². The van der Waals surface area contributed by atoms with E-state index in [1.165, 1.54) is 17.5 Å². The smallest absolute Gasteiger partial charge is 0.237 e. The van der Waals surface area contributed by atoms with Crippen LogP contribution in [0.4, 0.5) is 5.69 Å². The number of imidazole rings is 1. The number of carbonyl (C=O) groups excluding carboxylic acids is 1. The van der Waals surface area contributed by atoms with E-state index in [1.807, 2.05) is 31.2 Å². The average molecular weight is 403 g/mol. The number of nitriles is 1. The van der Waals surface area contributed by atoms with Crippen molar-refractivity contribution >= 4 is 23.4 Å². The van der Waals surface area contributed by atoms with Crippen molar-refractivity contribution < 1.29 is 4.79 Å². The first-order chi connectivity index (χ1) is 14.2. The summed E-state index contributed by atoms with van der Waals surface area (Å²) in [5.74, 6) is -0.140. The van der Waals surface area contributed by atoms with Gasteiger partial charge in [0.05, 0.1) is 22.2 Å². The third kappa shape index (κ3) is 4.06. The van der Waals surface area contributed by atoms with Gasteiger partial charge in [0.25, 0.3) is 0 Å². The van der Waals surface area contributed by atoms with Crippen molar-refractivity contribution in [1.29, 1.82) is 5.26 Å². The molecule has 0 bridgehead atoms. The molecule has 2 aromatic carbocycles. The number of anilines is 1. The van der Waals surface area contributed by atoms with Gasteiger partial charge < -0.3 is 5.32 Å². The van der Waals surface area contributed by atoms with Crippen molar-refractivity contribution in [2.45, 2.75) is 43.0 Å². The average Bonchev–Trinajstić information content (AvgIpc) is 3.12. The lowest BCUT2D eigenvalue weighted by Crippen LogP contribution is -2.23. The highest BCUT2D eigenvalue weighted by Gasteiger charge is 2.25. The lowest BCUT2D eigenvalue weighted by atomic mass is 10.0. The Morgan fingerprint density at radius 1 is 1.14 bits per heavy atom. The molecule has 1 heterocycles. The fourth-order valence-electron chi connectivity index (χ4n) is 3.57. The van der Waals surface area contributed by atoms with Crippen LogP contribution >= 0.6 is 11.8 Å². The summed E-state index contributed by atoms with van der Waals surface area (Å²) in [7, 11) is 0. The summed E-state index contributed by atoms with van der Waals surface area (Å²) in [4.78, 5) is 17.7. The van der Waals surface area contributed by atoms with Crippen molar-refractivity contribution in [3.8, 4) is 11.8 Å². The normalized spacial score (nSPS) is 13.9. The van der Waals surface area contributed by atoms with Crippen molar-refractivity contribution in [3.05, 3.63) is 71.5 Å². The van der Waals surface area contributed by atoms with E-state index in [9.17, 15) is 10.1 Å². The predicted molar refractivity (Wildman–Crippen MR) is 115 cm³/mol. The lowest BCUT2D eigenvalue weighted by molar-refractivity contribution is -0.115. The largest absolute Gasteiger partial charge is 0.324 e. The zero-order valence-electron chi connectivity index (χ0n) is 16.3. The summed E-state index contributed by atoms with van der Waals surface area (Å²) >= 11 is 1.46. The minimum Gasteiger partial charge on any atom is -0.324 e. The molecule has 1 amide bonds. The van der Waals surface area contributed by atoms with Gasteiger partial charge >= 0.3 is 0 Å². The number of aryl methyl sites for hydroxylation is 1. The third-order valence-corrected chi connectivity index (χ3v) is 6.13. The van der Waals surface area contributed by atoms with E-state index < -0.39 is 0 Å². The first-order valence-corrected chi connectivity index (χ1v) is 10.7. The molecule has 1 unspecified atom stereocenters. The zero-order chi connectivity index (χ0) is 20.2. The van der Waals surface area contributed by atoms with Gasteiger partial charge in [-0.1, -0.05) is 42.1 Å². The van der Waals surface area contributed by atoms with E-state index in [0.29, 0.717) is 11.3 Å². The van der Waals surface area contributed by atoms with E-state index in [2.05, 4.69) is 28.1 Å². The summed E-state index contributed by atoms with van der Waals surface area (Å²) in [5.41, 5.74) is 4.47. The Balaban J connectivity index is 1.60. The van der Waals surface area contributed by atoms with E-state index in [1.54, 1.807) is 18.2 Å². The van der Waals surface area contributed by atoms with Crippen LogP contribution in [0.5, 0.6) is 0 Å². The van der Waals surface area contributed by atoms with E-state index in [-0.39, 0.29) is 11.2 Å². The maximum absolute atomic E-state index is 12.8. The van der Waals surface area contributed by atoms with Crippen LogP contribution in [0, 0.1) is 11.3 Å². The Bertz CT molecular complexity index is 1070. The number of nitrogens with zero attached hydrogens (tertiary/aromatic N) is 3. The summed E-state index contributed by atoms with van der Waals surface area (Å²) in [6.07, 6.45) is 4.31. The molecule has 1 aliphatic rings. The zero-order valence-corrected chi connectivity index (χ0v) is 17.1. The number of benzene rings is 2. The van der Waals surface area contributed by atoms with E-state index in [0.717, 1.165) is 42.2 Å². The van der Waals surface area contributed by atoms with Crippen molar-refractivity contribution in [2.75, 3.05) is 5.32 Å². The minimum atomic E-state index is -0.354. The summed E-state index contributed by atoms with van der Waals surface area (Å²) in [6, 6.07) is 19.4. The third-order valence-electron chi connectivity index (χ3n) is 5.07. The number of amides is 1. The van der Waals surface area contributed by atoms with Crippen LogP contribution in [0.2, 0.25) is 0 Å². The molecule has 0 aliphatic heterocycles. The number of aromatic nitrogens is 2. The van der Waals surface area contributed by atoms with Gasteiger partial charge in [-0.3, -0.25) is 9.36 Å². The maximum atomic E-state index is 12.8. The van der Waals surface area contributed by atoms with Gasteiger partial charge in [0.15, 0.2) is 5.16 Å². The highest BCUT2D eigenvalue weighted by Crippen LogP contribution is 2.32. The van der Waals surface area contributed by atoms with Gasteiger partial charge in [0, 0.05) is 11.4 Å². The molecule has 29 heavy (non-hydrogen) atoms. The second-order valence-corrected chi connectivity index (χ2v) is 8.38. The molecule has 0 saturated carbocycles. The van der Waals surface area contributed by atoms with Gasteiger partial charge in [-0.15, -0.1) is 0 Å². The number of para-hydroxylation sites is 2. The SMILES string of the molecule is CC(Sc1nc2c(n1-c1ccccc1)CCCC2)C(=O)Nc1ccccc1C#N. The number of hydrogen-bond acceptors (Lipinski definition) is 4. The highest BCUT2D eigenvalue weighted by molar-refractivity contribution is 8.00. The molecule has 4 rings (SSSR count). The Hall–Kier alpha value is -3.04. The second-order valence-electron chi connectivity index (χ2n) is 7.07. The van der Waals surface area contributed by atoms with Crippen LogP contribution in [0.25, 0.3) is 5.69 Å². The van der Waals surface area contributed by atoms with Crippen LogP contribution < -0.4 is 5.32 Å². The lowest BCUT2D eigenvalue weighted by Gasteiger charge is -2.16. The van der Waals surface area contributed by atoms with Crippen LogP contribution in [-0.4, -0.2) is 20.7 Å². The molecule has 1 atom stereocenters. The fraction of sp³-hybridized carbons (Fsp3) is 0.261. The molecule has 0 saturated heterocycles. The number of fused-ring (bicyclic) bond motifs is 1. The van der Waals surface area contributed by atoms with Gasteiger partial charge in [-0.25, -0.2) is 4.98 Å². The predicted octanol–water partition coefficient (Wildman–Crippen LogP) is 4.74. The Morgan fingerprint density at radius 2 is 1.86 bits per heavy atom. The number of nitrogens with one attached hydrogen (secondary N) is 1. The maximum Gasteiger partial charge on any atom is 0.237 e. The van der Waals surface area contributed by atoms with E-state index >= 15 is 0 Å². The molecular weight excluding hydrogens is 380 g/mol. The minimum absolute atomic E-state index is 0.140. The molecule has 3 aromatic rings. The molecule has 5 nitrogen and oxygen atoms in total. The standard InChI is InChI=1S/C23H22N4OS/c1-16(22(28)25-19-12-6-5-9-17(19)15-24)29-23-26-20-13-7-8-14-21(20)27(23)18-10-3-2-4-11-18/h2-6,9-12,16H,7-8,13-14H2,1H3,(H,25,28). The van der Waals surface area contributed by atoms with Crippen molar-refractivity contribution in [2.24, 2.45) is 0 Å². The van der Waals surface area contributed by atoms with Crippen molar-refractivity contribution in [1.82, 2.24) is 9.55 Å². The molecule has 1 aromatic heterocycles. The van der Waals surface area contributed by atoms with Crippen molar-refractivity contribution in [3.63, 3.8) is 0 Å². The Morgan fingerprint density at radius 3 is 2.66 bits per heavy atom. The van der Waals surface area contributed by atoms with Crippen LogP contribution in [0.1, 0.15) is 36.7 Å². The highest BCUT2D eigenvalue weighted by atomic mass is 32.2. The van der Waals surface area contributed by atoms with Gasteiger partial charge in [-0.2, -0.15) is 5.26 Å². The number of thioether (sulfide) groups is 1. The molecule has 0 radical (unpaired) electrons. The quantitative estimate of drug-likeness (QED) is 0.626. The summed E-state index contributed by atoms with van der Waals surface area (Å²) < 4.78 is 2.20. The van der Waals surface area contributed by atoms with Gasteiger partial charge in [0.2, 0.25) is 5.91 Å². The summed E-state index contributed by atoms with van der Waals surface area (Å²) in [6.45, 7) is 1.87. The van der Waals surface area contributed by atoms with Crippen LogP contribution in [0.3, 0.4) is 0 Å². The number of rotatable bonds is 5. The molecule has 6 heteroatoms. The number of hydrogen-bond donors (Lipinski definition) is 1. The second kappa shape index (κ2) is 8.54. The Kier molecular flexibility index (Phi) is 5.68. The molecular formula is C23H22N4OS. The first kappa shape index (κ1) is 19.3. The van der Waals surface area contributed by atoms with Gasteiger partial charge in [-0.05, 0) is 56.9 Å². The molecule has 1 aliphatic carbocycles.